The fourth-order valence-electron chi connectivity index (χ4n) is 2.66. The molecule has 0 unspecified atom stereocenters. The Hall–Kier alpha value is -1.90. The molecule has 1 heterocycles. The first-order valence-corrected chi connectivity index (χ1v) is 7.04. The number of nitrogens with one attached hydrogen (secondary N) is 1. The van der Waals surface area contributed by atoms with Gasteiger partial charge in [-0.2, -0.15) is 0 Å². The van der Waals surface area contributed by atoms with E-state index in [2.05, 4.69) is 45.6 Å². The van der Waals surface area contributed by atoms with E-state index in [0.717, 1.165) is 38.0 Å². The van der Waals surface area contributed by atoms with Gasteiger partial charge in [0.1, 0.15) is 12.1 Å². The van der Waals surface area contributed by atoms with Crippen molar-refractivity contribution in [1.29, 1.82) is 0 Å². The maximum absolute atomic E-state index is 4.37. The fourth-order valence-corrected chi connectivity index (χ4v) is 2.66. The Morgan fingerprint density at radius 3 is 2.84 bits per heavy atom. The summed E-state index contributed by atoms with van der Waals surface area (Å²) in [7, 11) is 0. The van der Waals surface area contributed by atoms with Crippen LogP contribution in [0.2, 0.25) is 0 Å². The van der Waals surface area contributed by atoms with Gasteiger partial charge in [0.15, 0.2) is 0 Å². The average molecular weight is 253 g/mol. The van der Waals surface area contributed by atoms with Gasteiger partial charge in [-0.3, -0.25) is 0 Å². The van der Waals surface area contributed by atoms with E-state index in [1.54, 1.807) is 6.33 Å². The molecule has 1 aliphatic carbocycles. The first kappa shape index (κ1) is 12.2. The number of benzene rings is 1. The van der Waals surface area contributed by atoms with Gasteiger partial charge in [0, 0.05) is 17.8 Å². The minimum atomic E-state index is 0.971. The molecule has 98 valence electrons. The summed E-state index contributed by atoms with van der Waals surface area (Å²) < 4.78 is 0. The Kier molecular flexibility index (Phi) is 3.73. The Balaban J connectivity index is 1.52. The zero-order valence-electron chi connectivity index (χ0n) is 11.1. The second-order valence-electron chi connectivity index (χ2n) is 5.02. The zero-order chi connectivity index (χ0) is 12.9. The number of aryl methyl sites for hydroxylation is 2. The molecule has 1 aromatic heterocycles. The van der Waals surface area contributed by atoms with Crippen LogP contribution in [0.15, 0.2) is 36.7 Å². The van der Waals surface area contributed by atoms with Crippen LogP contribution < -0.4 is 5.32 Å². The number of aromatic nitrogens is 2. The first-order valence-electron chi connectivity index (χ1n) is 7.04. The van der Waals surface area contributed by atoms with E-state index in [1.807, 2.05) is 0 Å². The number of rotatable bonds is 5. The van der Waals surface area contributed by atoms with Crippen LogP contribution in [-0.4, -0.2) is 16.5 Å². The molecule has 0 spiro atoms. The molecular weight excluding hydrogens is 234 g/mol. The van der Waals surface area contributed by atoms with Crippen LogP contribution >= 0.6 is 0 Å². The maximum atomic E-state index is 4.37. The molecular formula is C16H19N3. The lowest BCUT2D eigenvalue weighted by Crippen LogP contribution is -2.07. The van der Waals surface area contributed by atoms with E-state index in [1.165, 1.54) is 23.2 Å². The van der Waals surface area contributed by atoms with Crippen LogP contribution in [0, 0.1) is 0 Å². The van der Waals surface area contributed by atoms with Crippen molar-refractivity contribution < 1.29 is 0 Å². The summed E-state index contributed by atoms with van der Waals surface area (Å²) in [6.45, 7) is 0.971. The van der Waals surface area contributed by atoms with Crippen molar-refractivity contribution in [3.05, 3.63) is 53.5 Å². The Bertz CT molecular complexity index is 537. The summed E-state index contributed by atoms with van der Waals surface area (Å²) in [5, 5.41) is 3.46. The van der Waals surface area contributed by atoms with Gasteiger partial charge in [-0.25, -0.2) is 9.97 Å². The van der Waals surface area contributed by atoms with E-state index in [-0.39, 0.29) is 0 Å². The molecule has 0 bridgehead atoms. The highest BCUT2D eigenvalue weighted by atomic mass is 15.0. The van der Waals surface area contributed by atoms with Gasteiger partial charge in [0.05, 0.1) is 0 Å². The molecule has 0 atom stereocenters. The Morgan fingerprint density at radius 2 is 1.95 bits per heavy atom. The highest BCUT2D eigenvalue weighted by Crippen LogP contribution is 2.24. The molecule has 0 saturated heterocycles. The number of fused-ring (bicyclic) bond motifs is 1. The number of nitrogens with zero attached hydrogens (tertiary/aromatic N) is 2. The third-order valence-electron chi connectivity index (χ3n) is 3.65. The van der Waals surface area contributed by atoms with Gasteiger partial charge in [0.25, 0.3) is 0 Å². The molecule has 3 nitrogen and oxygen atoms in total. The summed E-state index contributed by atoms with van der Waals surface area (Å²) in [4.78, 5) is 8.72. The average Bonchev–Trinajstić information content (AvgIpc) is 2.94. The van der Waals surface area contributed by atoms with E-state index in [4.69, 9.17) is 0 Å². The minimum Gasteiger partial charge on any atom is -0.370 e. The summed E-state index contributed by atoms with van der Waals surface area (Å²) in [6, 6.07) is 10.6. The summed E-state index contributed by atoms with van der Waals surface area (Å²) in [5.41, 5.74) is 3.97. The van der Waals surface area contributed by atoms with Gasteiger partial charge >= 0.3 is 0 Å². The van der Waals surface area contributed by atoms with Crippen LogP contribution in [0.25, 0.3) is 0 Å². The molecule has 0 radical (unpaired) electrons. The predicted octanol–water partition coefficient (Wildman–Crippen LogP) is 3.01. The molecule has 1 N–H and O–H groups in total. The molecule has 0 amide bonds. The van der Waals surface area contributed by atoms with Gasteiger partial charge in [-0.1, -0.05) is 30.3 Å². The van der Waals surface area contributed by atoms with Crippen LogP contribution in [0.3, 0.4) is 0 Å². The standard InChI is InChI=1S/C16H19N3/c1-2-6-13(7-3-1)8-5-11-17-16-14-9-4-10-15(14)18-12-19-16/h1-3,6-7,12H,4-5,8-11H2,(H,17,18,19). The lowest BCUT2D eigenvalue weighted by Gasteiger charge is -2.09. The van der Waals surface area contributed by atoms with Crippen LogP contribution in [-0.2, 0) is 19.3 Å². The summed E-state index contributed by atoms with van der Waals surface area (Å²) in [6.07, 6.45) is 7.37. The molecule has 3 heteroatoms. The SMILES string of the molecule is c1ccc(CCCNc2ncnc3c2CCC3)cc1. The van der Waals surface area contributed by atoms with Crippen molar-refractivity contribution in [3.63, 3.8) is 0 Å². The van der Waals surface area contributed by atoms with Gasteiger partial charge < -0.3 is 5.32 Å². The Morgan fingerprint density at radius 1 is 1.05 bits per heavy atom. The number of hydrogen-bond donors (Lipinski definition) is 1. The lowest BCUT2D eigenvalue weighted by molar-refractivity contribution is 0.854. The smallest absolute Gasteiger partial charge is 0.132 e. The van der Waals surface area contributed by atoms with Crippen LogP contribution in [0.4, 0.5) is 5.82 Å². The normalized spacial score (nSPS) is 13.3. The maximum Gasteiger partial charge on any atom is 0.132 e. The third-order valence-corrected chi connectivity index (χ3v) is 3.65. The number of anilines is 1. The quantitative estimate of drug-likeness (QED) is 0.832. The molecule has 3 rings (SSSR count). The van der Waals surface area contributed by atoms with Crippen molar-refractivity contribution in [2.45, 2.75) is 32.1 Å². The topological polar surface area (TPSA) is 37.8 Å². The van der Waals surface area contributed by atoms with Crippen molar-refractivity contribution in [2.24, 2.45) is 0 Å². The molecule has 0 saturated carbocycles. The largest absolute Gasteiger partial charge is 0.370 e. The molecule has 19 heavy (non-hydrogen) atoms. The van der Waals surface area contributed by atoms with Crippen LogP contribution in [0.1, 0.15) is 29.7 Å². The highest BCUT2D eigenvalue weighted by molar-refractivity contribution is 5.47. The second kappa shape index (κ2) is 5.83. The zero-order valence-corrected chi connectivity index (χ0v) is 11.1. The summed E-state index contributed by atoms with van der Waals surface area (Å²) in [5.74, 6) is 1.05. The molecule has 0 fully saturated rings. The molecule has 2 aromatic rings. The highest BCUT2D eigenvalue weighted by Gasteiger charge is 2.16. The van der Waals surface area contributed by atoms with Crippen molar-refractivity contribution in [3.8, 4) is 0 Å². The van der Waals surface area contributed by atoms with E-state index in [9.17, 15) is 0 Å². The molecule has 1 aliphatic rings. The van der Waals surface area contributed by atoms with Crippen molar-refractivity contribution in [1.82, 2.24) is 9.97 Å². The Labute approximate surface area is 114 Å². The number of hydrogen-bond acceptors (Lipinski definition) is 3. The molecule has 0 aliphatic heterocycles. The fraction of sp³-hybridized carbons (Fsp3) is 0.375. The van der Waals surface area contributed by atoms with Crippen LogP contribution in [0.5, 0.6) is 0 Å². The summed E-state index contributed by atoms with van der Waals surface area (Å²) >= 11 is 0. The first-order chi connectivity index (χ1) is 9.43. The van der Waals surface area contributed by atoms with Crippen molar-refractivity contribution >= 4 is 5.82 Å². The lowest BCUT2D eigenvalue weighted by atomic mass is 10.1. The van der Waals surface area contributed by atoms with Gasteiger partial charge in [-0.05, 0) is 37.7 Å². The minimum absolute atomic E-state index is 0.971. The van der Waals surface area contributed by atoms with E-state index in [0.29, 0.717) is 0 Å². The monoisotopic (exact) mass is 253 g/mol. The molecule has 1 aromatic carbocycles. The van der Waals surface area contributed by atoms with Gasteiger partial charge in [-0.15, -0.1) is 0 Å². The second-order valence-corrected chi connectivity index (χ2v) is 5.02. The predicted molar refractivity (Wildman–Crippen MR) is 77.3 cm³/mol. The van der Waals surface area contributed by atoms with Gasteiger partial charge in [0.2, 0.25) is 0 Å². The third kappa shape index (κ3) is 2.92. The van der Waals surface area contributed by atoms with Crippen molar-refractivity contribution in [2.75, 3.05) is 11.9 Å². The van der Waals surface area contributed by atoms with E-state index < -0.39 is 0 Å². The van der Waals surface area contributed by atoms with E-state index >= 15 is 0 Å².